The monoisotopic (exact) mass is 460 g/mol. The molecule has 31 heavy (non-hydrogen) atoms. The Labute approximate surface area is 185 Å². The molecule has 0 spiro atoms. The Morgan fingerprint density at radius 2 is 1.84 bits per heavy atom. The molecule has 0 saturated carbocycles. The van der Waals surface area contributed by atoms with Gasteiger partial charge in [-0.3, -0.25) is 14.5 Å². The van der Waals surface area contributed by atoms with Gasteiger partial charge in [-0.1, -0.05) is 30.3 Å². The Balaban J connectivity index is 1.30. The van der Waals surface area contributed by atoms with Gasteiger partial charge < -0.3 is 4.90 Å². The third-order valence-corrected chi connectivity index (χ3v) is 7.84. The van der Waals surface area contributed by atoms with Gasteiger partial charge in [-0.15, -0.1) is 11.3 Å². The van der Waals surface area contributed by atoms with Crippen LogP contribution in [0.3, 0.4) is 0 Å². The van der Waals surface area contributed by atoms with Crippen molar-refractivity contribution in [3.8, 4) is 0 Å². The summed E-state index contributed by atoms with van der Waals surface area (Å²) in [5.41, 5.74) is 1.46. The highest BCUT2D eigenvalue weighted by Crippen LogP contribution is 2.25. The van der Waals surface area contributed by atoms with E-state index in [0.717, 1.165) is 12.0 Å². The first-order chi connectivity index (χ1) is 14.9. The van der Waals surface area contributed by atoms with Crippen molar-refractivity contribution in [1.29, 1.82) is 0 Å². The third-order valence-electron chi connectivity index (χ3n) is 5.36. The first-order valence-electron chi connectivity index (χ1n) is 10.2. The van der Waals surface area contributed by atoms with Crippen molar-refractivity contribution in [2.24, 2.45) is 0 Å². The number of nitrogens with zero attached hydrogens (tertiary/aromatic N) is 4. The van der Waals surface area contributed by atoms with E-state index >= 15 is 0 Å². The van der Waals surface area contributed by atoms with E-state index in [1.807, 2.05) is 35.7 Å². The molecule has 4 rings (SSSR count). The van der Waals surface area contributed by atoms with Crippen LogP contribution in [0.4, 0.5) is 5.13 Å². The number of rotatable bonds is 6. The maximum Gasteiger partial charge on any atom is 0.236 e. The van der Waals surface area contributed by atoms with Gasteiger partial charge in [0.25, 0.3) is 0 Å². The highest BCUT2D eigenvalue weighted by Gasteiger charge is 2.28. The van der Waals surface area contributed by atoms with Crippen LogP contribution in [0.25, 0.3) is 6.08 Å². The molecule has 0 unspecified atom stereocenters. The molecule has 2 aliphatic rings. The van der Waals surface area contributed by atoms with Crippen LogP contribution >= 0.6 is 11.3 Å². The van der Waals surface area contributed by atoms with E-state index in [9.17, 15) is 18.0 Å². The summed E-state index contributed by atoms with van der Waals surface area (Å²) < 4.78 is 26.6. The van der Waals surface area contributed by atoms with E-state index < -0.39 is 10.0 Å². The molecule has 1 aromatic carbocycles. The number of thiazole rings is 1. The number of benzene rings is 1. The number of amides is 2. The fraction of sp³-hybridized carbons (Fsp3) is 0.381. The molecule has 2 amide bonds. The van der Waals surface area contributed by atoms with Crippen molar-refractivity contribution in [2.75, 3.05) is 37.6 Å². The lowest BCUT2D eigenvalue weighted by atomic mass is 10.2. The van der Waals surface area contributed by atoms with Crippen molar-refractivity contribution >= 4 is 44.4 Å². The zero-order valence-corrected chi connectivity index (χ0v) is 18.6. The Bertz CT molecular complexity index is 1070. The molecule has 2 fully saturated rings. The lowest BCUT2D eigenvalue weighted by Crippen LogP contribution is -2.50. The molecule has 164 valence electrons. The van der Waals surface area contributed by atoms with Gasteiger partial charge in [0.15, 0.2) is 5.13 Å². The summed E-state index contributed by atoms with van der Waals surface area (Å²) in [4.78, 5) is 32.3. The highest BCUT2D eigenvalue weighted by molar-refractivity contribution is 7.92. The average molecular weight is 461 g/mol. The predicted octanol–water partition coefficient (Wildman–Crippen LogP) is 1.96. The molecule has 0 atom stereocenters. The van der Waals surface area contributed by atoms with Crippen LogP contribution in [0.15, 0.2) is 41.1 Å². The van der Waals surface area contributed by atoms with Gasteiger partial charge in [0.05, 0.1) is 12.1 Å². The summed E-state index contributed by atoms with van der Waals surface area (Å²) in [5.74, 6) is -0.00709. The summed E-state index contributed by atoms with van der Waals surface area (Å²) >= 11 is 1.37. The normalized spacial score (nSPS) is 18.3. The average Bonchev–Trinajstić information content (AvgIpc) is 3.41. The lowest BCUT2D eigenvalue weighted by Gasteiger charge is -2.33. The number of hydrogen-bond donors (Lipinski definition) is 0. The van der Waals surface area contributed by atoms with Gasteiger partial charge in [-0.2, -0.15) is 4.31 Å². The zero-order valence-electron chi connectivity index (χ0n) is 17.0. The van der Waals surface area contributed by atoms with Gasteiger partial charge >= 0.3 is 0 Å². The summed E-state index contributed by atoms with van der Waals surface area (Å²) in [7, 11) is -3.53. The Morgan fingerprint density at radius 1 is 1.10 bits per heavy atom. The van der Waals surface area contributed by atoms with E-state index in [2.05, 4.69) is 4.98 Å². The molecular formula is C21H24N4O4S2. The fourth-order valence-corrected chi connectivity index (χ4v) is 5.67. The fourth-order valence-electron chi connectivity index (χ4n) is 3.63. The first-order valence-corrected chi connectivity index (χ1v) is 12.6. The van der Waals surface area contributed by atoms with Crippen molar-refractivity contribution < 1.29 is 18.0 Å². The highest BCUT2D eigenvalue weighted by atomic mass is 32.2. The summed E-state index contributed by atoms with van der Waals surface area (Å²) in [6.45, 7) is 1.89. The predicted molar refractivity (Wildman–Crippen MR) is 120 cm³/mol. The lowest BCUT2D eigenvalue weighted by molar-refractivity contribution is -0.131. The smallest absolute Gasteiger partial charge is 0.236 e. The van der Waals surface area contributed by atoms with Crippen LogP contribution in [0.5, 0.6) is 0 Å². The van der Waals surface area contributed by atoms with Crippen LogP contribution in [0, 0.1) is 0 Å². The molecule has 10 heteroatoms. The number of carbonyl (C=O) groups is 2. The SMILES string of the molecule is O=C(Cc1csc(N2CCCC2=O)n1)N1CCN(S(=O)(=O)C=Cc2ccccc2)CC1. The van der Waals surface area contributed by atoms with Crippen LogP contribution in [-0.4, -0.2) is 67.1 Å². The number of sulfonamides is 1. The molecule has 1 aromatic heterocycles. The van der Waals surface area contributed by atoms with E-state index in [-0.39, 0.29) is 31.3 Å². The van der Waals surface area contributed by atoms with Crippen LogP contribution in [0.1, 0.15) is 24.1 Å². The summed E-state index contributed by atoms with van der Waals surface area (Å²) in [6.07, 6.45) is 3.11. The minimum atomic E-state index is -3.53. The van der Waals surface area contributed by atoms with E-state index in [1.165, 1.54) is 21.1 Å². The van der Waals surface area contributed by atoms with Crippen molar-refractivity contribution in [2.45, 2.75) is 19.3 Å². The van der Waals surface area contributed by atoms with Crippen LogP contribution in [-0.2, 0) is 26.0 Å². The second-order valence-corrected chi connectivity index (χ2v) is 10.1. The van der Waals surface area contributed by atoms with E-state index in [4.69, 9.17) is 0 Å². The second kappa shape index (κ2) is 9.29. The topological polar surface area (TPSA) is 90.9 Å². The Morgan fingerprint density at radius 3 is 2.52 bits per heavy atom. The minimum Gasteiger partial charge on any atom is -0.340 e. The minimum absolute atomic E-state index is 0.0749. The molecule has 0 radical (unpaired) electrons. The maximum absolute atomic E-state index is 12.7. The summed E-state index contributed by atoms with van der Waals surface area (Å²) in [5, 5.41) is 3.68. The van der Waals surface area contributed by atoms with Crippen LogP contribution < -0.4 is 4.90 Å². The van der Waals surface area contributed by atoms with Crippen molar-refractivity contribution in [3.63, 3.8) is 0 Å². The first kappa shape index (κ1) is 21.7. The summed E-state index contributed by atoms with van der Waals surface area (Å²) in [6, 6.07) is 9.26. The molecule has 0 N–H and O–H groups in total. The zero-order chi connectivity index (χ0) is 21.8. The number of piperazine rings is 1. The third kappa shape index (κ3) is 5.20. The molecule has 0 bridgehead atoms. The second-order valence-electron chi connectivity index (χ2n) is 7.49. The number of anilines is 1. The molecule has 2 aromatic rings. The van der Waals surface area contributed by atoms with Gasteiger partial charge in [0.1, 0.15) is 0 Å². The molecule has 2 saturated heterocycles. The molecule has 0 aliphatic carbocycles. The Kier molecular flexibility index (Phi) is 6.49. The van der Waals surface area contributed by atoms with E-state index in [0.29, 0.717) is 36.9 Å². The van der Waals surface area contributed by atoms with Gasteiger partial charge in [0, 0.05) is 49.9 Å². The van der Waals surface area contributed by atoms with Gasteiger partial charge in [0.2, 0.25) is 21.8 Å². The van der Waals surface area contributed by atoms with Crippen molar-refractivity contribution in [3.05, 3.63) is 52.4 Å². The van der Waals surface area contributed by atoms with Crippen molar-refractivity contribution in [1.82, 2.24) is 14.2 Å². The number of hydrogen-bond acceptors (Lipinski definition) is 6. The van der Waals surface area contributed by atoms with E-state index in [1.54, 1.807) is 15.9 Å². The Hall–Kier alpha value is -2.56. The van der Waals surface area contributed by atoms with Crippen LogP contribution in [0.2, 0.25) is 0 Å². The quantitative estimate of drug-likeness (QED) is 0.657. The molecule has 2 aliphatic heterocycles. The van der Waals surface area contributed by atoms with Gasteiger partial charge in [-0.25, -0.2) is 13.4 Å². The number of carbonyl (C=O) groups excluding carboxylic acids is 2. The molecule has 8 nitrogen and oxygen atoms in total. The largest absolute Gasteiger partial charge is 0.340 e. The standard InChI is InChI=1S/C21H24N4O4S2/c26-19-7-4-9-25(19)21-22-18(16-30-21)15-20(27)23-10-12-24(13-11-23)31(28,29)14-8-17-5-2-1-3-6-17/h1-3,5-6,8,14,16H,4,7,9-13,15H2. The van der Waals surface area contributed by atoms with Gasteiger partial charge in [-0.05, 0) is 18.1 Å². The maximum atomic E-state index is 12.7. The molecule has 3 heterocycles. The number of aromatic nitrogens is 1. The molecular weight excluding hydrogens is 436 g/mol.